The molecule has 0 atom stereocenters. The predicted molar refractivity (Wildman–Crippen MR) is 91.8 cm³/mol. The van der Waals surface area contributed by atoms with E-state index in [-0.39, 0.29) is 23.8 Å². The lowest BCUT2D eigenvalue weighted by Gasteiger charge is -2.07. The number of phenolic OH excluding ortho intramolecular Hbond substituents is 1. The van der Waals surface area contributed by atoms with Gasteiger partial charge in [0.05, 0.1) is 12.2 Å². The molecule has 0 aliphatic rings. The molecular weight excluding hydrogens is 328 g/mol. The Kier molecular flexibility index (Phi) is 5.94. The molecule has 0 saturated heterocycles. The number of sulfonamides is 1. The molecule has 7 heteroatoms. The number of benzene rings is 2. The Morgan fingerprint density at radius 1 is 0.958 bits per heavy atom. The first-order valence-electron chi connectivity index (χ1n) is 7.41. The van der Waals surface area contributed by atoms with Crippen molar-refractivity contribution in [3.8, 4) is 5.75 Å². The fourth-order valence-corrected chi connectivity index (χ4v) is 2.88. The molecule has 2 aromatic carbocycles. The molecule has 2 rings (SSSR count). The first-order valence-corrected chi connectivity index (χ1v) is 9.07. The fraction of sp³-hybridized carbons (Fsp3) is 0.235. The summed E-state index contributed by atoms with van der Waals surface area (Å²) in [6, 6.07) is 13.5. The lowest BCUT2D eigenvalue weighted by molar-refractivity contribution is -0.120. The van der Waals surface area contributed by atoms with Gasteiger partial charge in [0.1, 0.15) is 5.75 Å². The predicted octanol–water partition coefficient (Wildman–Crippen LogP) is 1.30. The molecule has 0 spiro atoms. The van der Waals surface area contributed by atoms with Crippen LogP contribution in [0.5, 0.6) is 5.75 Å². The van der Waals surface area contributed by atoms with E-state index in [1.54, 1.807) is 48.5 Å². The average Bonchev–Trinajstić information content (AvgIpc) is 2.56. The summed E-state index contributed by atoms with van der Waals surface area (Å²) in [4.78, 5) is 11.9. The highest BCUT2D eigenvalue weighted by molar-refractivity contribution is 7.88. The summed E-state index contributed by atoms with van der Waals surface area (Å²) in [6.45, 7) is 0.371. The summed E-state index contributed by atoms with van der Waals surface area (Å²) in [5.74, 6) is -0.0289. The van der Waals surface area contributed by atoms with Gasteiger partial charge < -0.3 is 10.4 Å². The van der Waals surface area contributed by atoms with E-state index < -0.39 is 10.0 Å². The van der Waals surface area contributed by atoms with Gasteiger partial charge in [-0.2, -0.15) is 0 Å². The highest BCUT2D eigenvalue weighted by Crippen LogP contribution is 2.10. The summed E-state index contributed by atoms with van der Waals surface area (Å²) in [5, 5.41) is 12.0. The summed E-state index contributed by atoms with van der Waals surface area (Å²) < 4.78 is 25.2. The highest BCUT2D eigenvalue weighted by atomic mass is 32.2. The number of phenols is 1. The van der Waals surface area contributed by atoms with E-state index in [1.807, 2.05) is 0 Å². The number of nitrogens with one attached hydrogen (secondary N) is 2. The summed E-state index contributed by atoms with van der Waals surface area (Å²) in [6.07, 6.45) is 0.235. The van der Waals surface area contributed by atoms with E-state index in [0.717, 1.165) is 11.1 Å². The molecule has 0 aromatic heterocycles. The van der Waals surface area contributed by atoms with E-state index in [4.69, 9.17) is 0 Å². The molecule has 24 heavy (non-hydrogen) atoms. The first kappa shape index (κ1) is 18.0. The van der Waals surface area contributed by atoms with Crippen molar-refractivity contribution in [1.82, 2.24) is 10.0 Å². The minimum absolute atomic E-state index is 0.0724. The zero-order valence-corrected chi connectivity index (χ0v) is 14.1. The summed E-state index contributed by atoms with van der Waals surface area (Å²) >= 11 is 0. The monoisotopic (exact) mass is 348 g/mol. The molecule has 0 saturated carbocycles. The molecule has 0 unspecified atom stereocenters. The van der Waals surface area contributed by atoms with E-state index >= 15 is 0 Å². The topological polar surface area (TPSA) is 95.5 Å². The van der Waals surface area contributed by atoms with Crippen molar-refractivity contribution in [2.75, 3.05) is 7.05 Å². The third kappa shape index (κ3) is 5.68. The zero-order chi connectivity index (χ0) is 17.6. The Morgan fingerprint density at radius 3 is 2.08 bits per heavy atom. The minimum Gasteiger partial charge on any atom is -0.508 e. The van der Waals surface area contributed by atoms with E-state index in [1.165, 1.54) is 7.05 Å². The molecule has 0 radical (unpaired) electrons. The molecular formula is C17H20N2O4S. The van der Waals surface area contributed by atoms with Gasteiger partial charge >= 0.3 is 0 Å². The highest BCUT2D eigenvalue weighted by Gasteiger charge is 2.08. The third-order valence-corrected chi connectivity index (χ3v) is 4.82. The molecule has 0 aliphatic carbocycles. The quantitative estimate of drug-likeness (QED) is 0.703. The lowest BCUT2D eigenvalue weighted by atomic mass is 10.1. The first-order chi connectivity index (χ1) is 11.4. The average molecular weight is 348 g/mol. The maximum atomic E-state index is 11.9. The van der Waals surface area contributed by atoms with Crippen LogP contribution in [-0.4, -0.2) is 26.5 Å². The van der Waals surface area contributed by atoms with Crippen molar-refractivity contribution < 1.29 is 18.3 Å². The lowest BCUT2D eigenvalue weighted by Crippen LogP contribution is -2.24. The van der Waals surface area contributed by atoms with Crippen molar-refractivity contribution in [1.29, 1.82) is 0 Å². The van der Waals surface area contributed by atoms with Crippen molar-refractivity contribution >= 4 is 15.9 Å². The molecule has 0 heterocycles. The standard InChI is InChI=1S/C17H20N2O4S/c1-18-24(22,23)12-15-4-2-14(3-5-15)11-19-17(21)10-13-6-8-16(20)9-7-13/h2-9,18,20H,10-12H2,1H3,(H,19,21). The number of hydrogen-bond donors (Lipinski definition) is 3. The Hall–Kier alpha value is -2.38. The molecule has 0 fully saturated rings. The van der Waals surface area contributed by atoms with Gasteiger partial charge in [0.2, 0.25) is 15.9 Å². The van der Waals surface area contributed by atoms with Crippen LogP contribution in [0, 0.1) is 0 Å². The van der Waals surface area contributed by atoms with Crippen molar-refractivity contribution in [3.63, 3.8) is 0 Å². The van der Waals surface area contributed by atoms with Crippen LogP contribution in [0.2, 0.25) is 0 Å². The van der Waals surface area contributed by atoms with Crippen LogP contribution in [0.15, 0.2) is 48.5 Å². The summed E-state index contributed by atoms with van der Waals surface area (Å²) in [7, 11) is -1.90. The summed E-state index contributed by atoms with van der Waals surface area (Å²) in [5.41, 5.74) is 2.39. The van der Waals surface area contributed by atoms with Gasteiger partial charge in [-0.3, -0.25) is 4.79 Å². The fourth-order valence-electron chi connectivity index (χ4n) is 2.11. The van der Waals surface area contributed by atoms with Crippen molar-refractivity contribution in [3.05, 3.63) is 65.2 Å². The van der Waals surface area contributed by atoms with E-state index in [0.29, 0.717) is 12.1 Å². The van der Waals surface area contributed by atoms with Gasteiger partial charge in [0.25, 0.3) is 0 Å². The van der Waals surface area contributed by atoms with Crippen LogP contribution in [0.25, 0.3) is 0 Å². The Morgan fingerprint density at radius 2 is 1.50 bits per heavy atom. The largest absolute Gasteiger partial charge is 0.508 e. The van der Waals surface area contributed by atoms with E-state index in [2.05, 4.69) is 10.0 Å². The molecule has 6 nitrogen and oxygen atoms in total. The van der Waals surface area contributed by atoms with Crippen LogP contribution in [0.4, 0.5) is 0 Å². The number of amides is 1. The van der Waals surface area contributed by atoms with Crippen LogP contribution in [0.1, 0.15) is 16.7 Å². The Balaban J connectivity index is 1.85. The van der Waals surface area contributed by atoms with Crippen LogP contribution in [0.3, 0.4) is 0 Å². The van der Waals surface area contributed by atoms with Gasteiger partial charge in [-0.25, -0.2) is 13.1 Å². The second kappa shape index (κ2) is 7.94. The number of aromatic hydroxyl groups is 1. The third-order valence-electron chi connectivity index (χ3n) is 3.48. The van der Waals surface area contributed by atoms with Crippen LogP contribution < -0.4 is 10.0 Å². The number of carbonyl (C=O) groups excluding carboxylic acids is 1. The molecule has 0 aliphatic heterocycles. The molecule has 3 N–H and O–H groups in total. The van der Waals surface area contributed by atoms with Crippen molar-refractivity contribution in [2.24, 2.45) is 0 Å². The maximum Gasteiger partial charge on any atom is 0.224 e. The maximum absolute atomic E-state index is 11.9. The van der Waals surface area contributed by atoms with Crippen LogP contribution >= 0.6 is 0 Å². The van der Waals surface area contributed by atoms with Gasteiger partial charge in [0.15, 0.2) is 0 Å². The van der Waals surface area contributed by atoms with Gasteiger partial charge in [-0.05, 0) is 35.9 Å². The smallest absolute Gasteiger partial charge is 0.224 e. The second-order valence-corrected chi connectivity index (χ2v) is 7.33. The van der Waals surface area contributed by atoms with E-state index in [9.17, 15) is 18.3 Å². The normalized spacial score (nSPS) is 11.2. The number of rotatable bonds is 7. The number of carbonyl (C=O) groups is 1. The number of hydrogen-bond acceptors (Lipinski definition) is 4. The molecule has 0 bridgehead atoms. The van der Waals surface area contributed by atoms with Gasteiger partial charge in [-0.1, -0.05) is 36.4 Å². The minimum atomic E-state index is -3.29. The van der Waals surface area contributed by atoms with Crippen LogP contribution in [-0.2, 0) is 33.5 Å². The molecule has 2 aromatic rings. The Labute approximate surface area is 141 Å². The second-order valence-electron chi connectivity index (χ2n) is 5.40. The van der Waals surface area contributed by atoms with Gasteiger partial charge in [-0.15, -0.1) is 0 Å². The van der Waals surface area contributed by atoms with Crippen molar-refractivity contribution in [2.45, 2.75) is 18.7 Å². The molecule has 1 amide bonds. The Bertz CT molecular complexity index is 784. The SMILES string of the molecule is CNS(=O)(=O)Cc1ccc(CNC(=O)Cc2ccc(O)cc2)cc1. The van der Waals surface area contributed by atoms with Gasteiger partial charge in [0, 0.05) is 6.54 Å². The zero-order valence-electron chi connectivity index (χ0n) is 13.3. The molecule has 128 valence electrons.